The van der Waals surface area contributed by atoms with Crippen LogP contribution in [0, 0.1) is 0 Å². The lowest BCUT2D eigenvalue weighted by Gasteiger charge is -2.26. The number of carbonyl (C=O) groups is 1. The van der Waals surface area contributed by atoms with Crippen molar-refractivity contribution in [3.63, 3.8) is 0 Å². The fraction of sp³-hybridized carbons (Fsp3) is 0.381. The maximum Gasteiger partial charge on any atom is 0.177 e. The molecule has 3 rings (SSSR count). The molecule has 0 amide bonds. The summed E-state index contributed by atoms with van der Waals surface area (Å²) in [7, 11) is 0.402. The molecule has 1 N–H and O–H groups in total. The van der Waals surface area contributed by atoms with Crippen LogP contribution in [0.1, 0.15) is 24.8 Å². The molecule has 1 heterocycles. The van der Waals surface area contributed by atoms with Crippen LogP contribution in [0.25, 0.3) is 0 Å². The van der Waals surface area contributed by atoms with Gasteiger partial charge in [0.05, 0.1) is 21.4 Å². The summed E-state index contributed by atoms with van der Waals surface area (Å²) < 4.78 is 19.1. The molecule has 0 saturated carbocycles. The Labute approximate surface area is 157 Å². The molecule has 138 valence electrons. The molecular formula is C21H25NO3S. The van der Waals surface area contributed by atoms with Gasteiger partial charge in [0.25, 0.3) is 0 Å². The summed E-state index contributed by atoms with van der Waals surface area (Å²) in [6, 6.07) is 17.3. The maximum absolute atomic E-state index is 13.2. The fourth-order valence-electron chi connectivity index (χ4n) is 3.29. The van der Waals surface area contributed by atoms with Crippen LogP contribution in [0.4, 0.5) is 5.69 Å². The van der Waals surface area contributed by atoms with Gasteiger partial charge in [-0.15, -0.1) is 0 Å². The van der Waals surface area contributed by atoms with Crippen molar-refractivity contribution < 1.29 is 13.7 Å². The highest BCUT2D eigenvalue weighted by Gasteiger charge is 2.34. The zero-order chi connectivity index (χ0) is 18.4. The van der Waals surface area contributed by atoms with Crippen molar-refractivity contribution in [1.29, 1.82) is 0 Å². The van der Waals surface area contributed by atoms with Crippen molar-refractivity contribution in [2.75, 3.05) is 19.0 Å². The Morgan fingerprint density at radius 2 is 1.81 bits per heavy atom. The van der Waals surface area contributed by atoms with E-state index in [1.807, 2.05) is 54.6 Å². The average molecular weight is 372 g/mol. The number of carbonyl (C=O) groups excluding carboxylic acids is 1. The number of nitrogens with one attached hydrogen (secondary N) is 1. The normalized spacial score (nSPS) is 22.3. The molecule has 0 aliphatic carbocycles. The first-order chi connectivity index (χ1) is 12.7. The number of ether oxygens (including phenoxy) is 1. The number of Topliss-reactive ketones (excluding diaryl/α,β-unsaturated/α-hetero) is 1. The minimum Gasteiger partial charge on any atom is -0.387 e. The number of rotatable bonds is 5. The predicted molar refractivity (Wildman–Crippen MR) is 105 cm³/mol. The van der Waals surface area contributed by atoms with Crippen LogP contribution < -0.4 is 5.32 Å². The highest BCUT2D eigenvalue weighted by molar-refractivity contribution is 7.86. The van der Waals surface area contributed by atoms with Gasteiger partial charge >= 0.3 is 0 Å². The van der Waals surface area contributed by atoms with Gasteiger partial charge in [-0.3, -0.25) is 9.00 Å². The standard InChI is InChI=1S/C21H25NO3S/c1-22-17-11-5-6-12-19(17)26(24)20-13-7-8-14-25-18(21(20)23)15-16-9-3-2-4-10-16/h2-6,9-12,18,20,22H,7-8,13-15H2,1H3. The van der Waals surface area contributed by atoms with Crippen LogP contribution in [0.3, 0.4) is 0 Å². The highest BCUT2D eigenvalue weighted by Crippen LogP contribution is 2.26. The van der Waals surface area contributed by atoms with E-state index in [-0.39, 0.29) is 5.78 Å². The summed E-state index contributed by atoms with van der Waals surface area (Å²) in [4.78, 5) is 13.9. The van der Waals surface area contributed by atoms with Gasteiger partial charge in [0.1, 0.15) is 11.4 Å². The third kappa shape index (κ3) is 4.40. The molecule has 26 heavy (non-hydrogen) atoms. The quantitative estimate of drug-likeness (QED) is 0.873. The van der Waals surface area contributed by atoms with E-state index in [0.717, 1.165) is 24.1 Å². The Morgan fingerprint density at radius 1 is 1.08 bits per heavy atom. The van der Waals surface area contributed by atoms with Gasteiger partial charge in [-0.2, -0.15) is 0 Å². The number of hydrogen-bond acceptors (Lipinski definition) is 4. The van der Waals surface area contributed by atoms with E-state index in [2.05, 4.69) is 5.32 Å². The molecule has 1 aliphatic heterocycles. The molecule has 0 radical (unpaired) electrons. The summed E-state index contributed by atoms with van der Waals surface area (Å²) in [5.41, 5.74) is 1.87. The number of anilines is 1. The first-order valence-corrected chi connectivity index (χ1v) is 10.3. The van der Waals surface area contributed by atoms with Gasteiger partial charge < -0.3 is 10.1 Å². The maximum atomic E-state index is 13.2. The Morgan fingerprint density at radius 3 is 2.58 bits per heavy atom. The van der Waals surface area contributed by atoms with E-state index in [1.165, 1.54) is 0 Å². The van der Waals surface area contributed by atoms with Gasteiger partial charge in [-0.1, -0.05) is 42.5 Å². The van der Waals surface area contributed by atoms with E-state index >= 15 is 0 Å². The lowest BCUT2D eigenvalue weighted by Crippen LogP contribution is -2.40. The van der Waals surface area contributed by atoms with Crippen molar-refractivity contribution in [3.8, 4) is 0 Å². The lowest BCUT2D eigenvalue weighted by molar-refractivity contribution is -0.131. The Bertz CT molecular complexity index is 763. The number of para-hydroxylation sites is 1. The fourth-order valence-corrected chi connectivity index (χ4v) is 4.94. The molecule has 4 nitrogen and oxygen atoms in total. The van der Waals surface area contributed by atoms with E-state index in [9.17, 15) is 9.00 Å². The molecule has 1 saturated heterocycles. The van der Waals surface area contributed by atoms with E-state index in [1.54, 1.807) is 7.05 Å². The first kappa shape index (κ1) is 18.8. The van der Waals surface area contributed by atoms with Crippen LogP contribution in [0.2, 0.25) is 0 Å². The van der Waals surface area contributed by atoms with Crippen LogP contribution in [0.5, 0.6) is 0 Å². The highest BCUT2D eigenvalue weighted by atomic mass is 32.2. The van der Waals surface area contributed by atoms with Crippen LogP contribution >= 0.6 is 0 Å². The number of ketones is 1. The molecule has 2 aromatic carbocycles. The van der Waals surface area contributed by atoms with Crippen LogP contribution in [0.15, 0.2) is 59.5 Å². The SMILES string of the molecule is CNc1ccccc1S(=O)C1CCCCOC(Cc2ccccc2)C1=O. The zero-order valence-corrected chi connectivity index (χ0v) is 15.8. The Hall–Kier alpha value is -1.98. The van der Waals surface area contributed by atoms with Crippen molar-refractivity contribution in [1.82, 2.24) is 0 Å². The molecule has 3 unspecified atom stereocenters. The second-order valence-electron chi connectivity index (χ2n) is 6.48. The average Bonchev–Trinajstić information content (AvgIpc) is 2.68. The number of hydrogen-bond donors (Lipinski definition) is 1. The third-order valence-electron chi connectivity index (χ3n) is 4.71. The third-order valence-corrected chi connectivity index (χ3v) is 6.48. The minimum absolute atomic E-state index is 0.0437. The molecule has 0 aromatic heterocycles. The van der Waals surface area contributed by atoms with Crippen LogP contribution in [-0.2, 0) is 26.8 Å². The van der Waals surface area contributed by atoms with Gasteiger partial charge in [-0.25, -0.2) is 0 Å². The minimum atomic E-state index is -1.40. The van der Waals surface area contributed by atoms with Crippen molar-refractivity contribution in [2.24, 2.45) is 0 Å². The molecule has 2 aromatic rings. The van der Waals surface area contributed by atoms with Crippen molar-refractivity contribution in [3.05, 3.63) is 60.2 Å². The summed E-state index contributed by atoms with van der Waals surface area (Å²) in [6.07, 6.45) is 2.37. The number of benzene rings is 2. The zero-order valence-electron chi connectivity index (χ0n) is 15.0. The van der Waals surface area contributed by atoms with Gasteiger partial charge in [0.2, 0.25) is 0 Å². The first-order valence-electron chi connectivity index (χ1n) is 9.07. The van der Waals surface area contributed by atoms with E-state index < -0.39 is 22.2 Å². The largest absolute Gasteiger partial charge is 0.387 e. The molecule has 0 bridgehead atoms. The second-order valence-corrected chi connectivity index (χ2v) is 8.08. The second kappa shape index (κ2) is 9.10. The smallest absolute Gasteiger partial charge is 0.177 e. The lowest BCUT2D eigenvalue weighted by atomic mass is 9.99. The molecular weight excluding hydrogens is 346 g/mol. The molecule has 1 fully saturated rings. The van der Waals surface area contributed by atoms with Crippen molar-refractivity contribution >= 4 is 22.3 Å². The monoisotopic (exact) mass is 371 g/mol. The molecule has 1 aliphatic rings. The van der Waals surface area contributed by atoms with Gasteiger partial charge in [0, 0.05) is 20.1 Å². The van der Waals surface area contributed by atoms with E-state index in [0.29, 0.717) is 24.3 Å². The topological polar surface area (TPSA) is 55.4 Å². The molecule has 5 heteroatoms. The summed E-state index contributed by atoms with van der Waals surface area (Å²) >= 11 is 0. The summed E-state index contributed by atoms with van der Waals surface area (Å²) in [6.45, 7) is 0.579. The Kier molecular flexibility index (Phi) is 6.58. The van der Waals surface area contributed by atoms with Crippen LogP contribution in [-0.4, -0.2) is 35.0 Å². The van der Waals surface area contributed by atoms with Crippen molar-refractivity contribution in [2.45, 2.75) is 41.9 Å². The summed E-state index contributed by atoms with van der Waals surface area (Å²) in [5.74, 6) is -0.0437. The van der Waals surface area contributed by atoms with E-state index in [4.69, 9.17) is 4.74 Å². The predicted octanol–water partition coefficient (Wildman–Crippen LogP) is 3.59. The molecule has 0 spiro atoms. The van der Waals surface area contributed by atoms with Gasteiger partial charge in [0.15, 0.2) is 5.78 Å². The Balaban J connectivity index is 1.84. The summed E-state index contributed by atoms with van der Waals surface area (Å²) in [5, 5.41) is 2.54. The van der Waals surface area contributed by atoms with Gasteiger partial charge in [-0.05, 0) is 37.0 Å². The molecule has 3 atom stereocenters.